The molecule has 0 unspecified atom stereocenters. The van der Waals surface area contributed by atoms with E-state index in [2.05, 4.69) is 26.8 Å². The number of esters is 1. The van der Waals surface area contributed by atoms with Crippen molar-refractivity contribution in [3.63, 3.8) is 0 Å². The number of carbonyl (C=O) groups is 1. The van der Waals surface area contributed by atoms with Crippen molar-refractivity contribution < 1.29 is 14.3 Å². The molecule has 0 amide bonds. The van der Waals surface area contributed by atoms with E-state index < -0.39 is 12.0 Å². The van der Waals surface area contributed by atoms with Crippen LogP contribution in [0.2, 0.25) is 5.02 Å². The summed E-state index contributed by atoms with van der Waals surface area (Å²) >= 11 is 11.1. The Kier molecular flexibility index (Phi) is 7.84. The predicted octanol–water partition coefficient (Wildman–Crippen LogP) is 4.53. The van der Waals surface area contributed by atoms with Crippen LogP contribution in [-0.4, -0.2) is 23.8 Å². The number of thiazole rings is 1. The molecule has 1 aromatic heterocycles. The van der Waals surface area contributed by atoms with Crippen molar-refractivity contribution in [2.75, 3.05) is 13.2 Å². The molecule has 0 bridgehead atoms. The Balaban J connectivity index is 1.89. The number of fused-ring (bicyclic) bond motifs is 1. The van der Waals surface area contributed by atoms with Crippen LogP contribution >= 0.6 is 38.9 Å². The smallest absolute Gasteiger partial charge is 0.338 e. The summed E-state index contributed by atoms with van der Waals surface area (Å²) in [5, 5.41) is 0.358. The second-order valence-corrected chi connectivity index (χ2v) is 10.3. The number of nitrogens with zero attached hydrogens (tertiary/aromatic N) is 2. The first-order chi connectivity index (χ1) is 17.2. The zero-order chi connectivity index (χ0) is 26.0. The van der Waals surface area contributed by atoms with Crippen molar-refractivity contribution in [3.05, 3.63) is 93.5 Å². The van der Waals surface area contributed by atoms with E-state index in [0.29, 0.717) is 41.4 Å². The van der Waals surface area contributed by atoms with Crippen LogP contribution in [0.1, 0.15) is 36.6 Å². The van der Waals surface area contributed by atoms with Crippen LogP contribution in [0.3, 0.4) is 0 Å². The van der Waals surface area contributed by atoms with Crippen molar-refractivity contribution in [1.29, 1.82) is 0 Å². The van der Waals surface area contributed by atoms with Gasteiger partial charge in [-0.1, -0.05) is 58.7 Å². The maximum Gasteiger partial charge on any atom is 0.338 e. The van der Waals surface area contributed by atoms with E-state index in [1.807, 2.05) is 31.2 Å². The van der Waals surface area contributed by atoms with Crippen LogP contribution < -0.4 is 19.6 Å². The second kappa shape index (κ2) is 10.9. The molecule has 0 N–H and O–H groups in total. The van der Waals surface area contributed by atoms with Crippen LogP contribution in [0.15, 0.2) is 61.9 Å². The topological polar surface area (TPSA) is 69.9 Å². The minimum atomic E-state index is -0.655. The fraction of sp³-hybridized carbons (Fsp3) is 0.222. The number of rotatable bonds is 6. The van der Waals surface area contributed by atoms with E-state index in [1.54, 1.807) is 36.6 Å². The molecule has 0 spiro atoms. The Morgan fingerprint density at radius 1 is 1.31 bits per heavy atom. The molecule has 184 valence electrons. The highest BCUT2D eigenvalue weighted by molar-refractivity contribution is 9.10. The number of carbonyl (C=O) groups excluding carboxylic acids is 1. The number of allylic oxidation sites excluding steroid dienone is 1. The maximum absolute atomic E-state index is 13.7. The quantitative estimate of drug-likeness (QED) is 0.315. The third kappa shape index (κ3) is 5.05. The van der Waals surface area contributed by atoms with Crippen molar-refractivity contribution in [2.24, 2.45) is 4.99 Å². The standard InChI is InChI=1S/C27H22BrClN2O4S/c1-5-11-35-24-19(28)12-17(13-20(24)29)14-21-25(32)31-23(18-9-7-15(3)8-10-18)22(26(33)34-6-2)16(4)30-27(31)36-21/h1,7-10,12-14,23H,6,11H2,2-4H3/b21-14+/t23-/m1/s1. The van der Waals surface area contributed by atoms with Crippen LogP contribution in [0.4, 0.5) is 0 Å². The van der Waals surface area contributed by atoms with Crippen LogP contribution in [0.5, 0.6) is 5.75 Å². The predicted molar refractivity (Wildman–Crippen MR) is 145 cm³/mol. The molecule has 3 aromatic rings. The molecule has 36 heavy (non-hydrogen) atoms. The highest BCUT2D eigenvalue weighted by Gasteiger charge is 2.33. The summed E-state index contributed by atoms with van der Waals surface area (Å²) in [6.45, 7) is 5.79. The molecule has 6 nitrogen and oxygen atoms in total. The summed E-state index contributed by atoms with van der Waals surface area (Å²) in [6, 6.07) is 10.6. The van der Waals surface area contributed by atoms with Crippen molar-refractivity contribution in [1.82, 2.24) is 4.57 Å². The van der Waals surface area contributed by atoms with Gasteiger partial charge in [0.2, 0.25) is 0 Å². The van der Waals surface area contributed by atoms with Crippen LogP contribution in [0.25, 0.3) is 6.08 Å². The zero-order valence-corrected chi connectivity index (χ0v) is 23.0. The lowest BCUT2D eigenvalue weighted by Gasteiger charge is -2.24. The Hall–Kier alpha value is -3.12. The highest BCUT2D eigenvalue weighted by Crippen LogP contribution is 2.35. The van der Waals surface area contributed by atoms with Gasteiger partial charge in [0.15, 0.2) is 10.6 Å². The summed E-state index contributed by atoms with van der Waals surface area (Å²) in [4.78, 5) is 31.7. The van der Waals surface area contributed by atoms with Gasteiger partial charge in [-0.2, -0.15) is 0 Å². The average Bonchev–Trinajstić information content (AvgIpc) is 3.12. The highest BCUT2D eigenvalue weighted by atomic mass is 79.9. The molecule has 9 heteroatoms. The van der Waals surface area contributed by atoms with Gasteiger partial charge in [0.1, 0.15) is 6.61 Å². The number of hydrogen-bond donors (Lipinski definition) is 0. The van der Waals surface area contributed by atoms with E-state index in [1.165, 1.54) is 11.3 Å². The Bertz CT molecular complexity index is 1570. The van der Waals surface area contributed by atoms with Crippen LogP contribution in [-0.2, 0) is 9.53 Å². The van der Waals surface area contributed by atoms with Crippen molar-refractivity contribution >= 4 is 50.9 Å². The summed E-state index contributed by atoms with van der Waals surface area (Å²) in [6.07, 6.45) is 7.01. The third-order valence-corrected chi connectivity index (χ3v) is 7.38. The first-order valence-corrected chi connectivity index (χ1v) is 13.1. The van der Waals surface area contributed by atoms with Gasteiger partial charge >= 0.3 is 5.97 Å². The lowest BCUT2D eigenvalue weighted by molar-refractivity contribution is -0.139. The van der Waals surface area contributed by atoms with E-state index in [9.17, 15) is 9.59 Å². The Labute approximate surface area is 225 Å². The van der Waals surface area contributed by atoms with Gasteiger partial charge in [-0.15, -0.1) is 6.42 Å². The number of aryl methyl sites for hydroxylation is 1. The molecule has 2 heterocycles. The van der Waals surface area contributed by atoms with Gasteiger partial charge in [-0.3, -0.25) is 9.36 Å². The Morgan fingerprint density at radius 3 is 2.67 bits per heavy atom. The molecular formula is C27H22BrClN2O4S. The number of halogens is 2. The largest absolute Gasteiger partial charge is 0.478 e. The third-order valence-electron chi connectivity index (χ3n) is 5.53. The molecule has 1 aliphatic rings. The van der Waals surface area contributed by atoms with Crippen LogP contribution in [0, 0.1) is 19.3 Å². The number of ether oxygens (including phenoxy) is 2. The molecule has 0 saturated carbocycles. The van der Waals surface area contributed by atoms with Gasteiger partial charge in [0.25, 0.3) is 5.56 Å². The number of hydrogen-bond acceptors (Lipinski definition) is 6. The Morgan fingerprint density at radius 2 is 2.03 bits per heavy atom. The molecule has 0 fully saturated rings. The van der Waals surface area contributed by atoms with Crippen molar-refractivity contribution in [2.45, 2.75) is 26.8 Å². The molecule has 0 saturated heterocycles. The fourth-order valence-electron chi connectivity index (χ4n) is 3.92. The lowest BCUT2D eigenvalue weighted by atomic mass is 9.95. The maximum atomic E-state index is 13.7. The van der Waals surface area contributed by atoms with Gasteiger partial charge in [-0.05, 0) is 66.0 Å². The van der Waals surface area contributed by atoms with E-state index in [0.717, 1.165) is 11.1 Å². The monoisotopic (exact) mass is 584 g/mol. The molecule has 0 radical (unpaired) electrons. The van der Waals surface area contributed by atoms with E-state index in [4.69, 9.17) is 27.5 Å². The SMILES string of the molecule is C#CCOc1c(Cl)cc(/C=c2/sc3n(c2=O)[C@H](c2ccc(C)cc2)C(C(=O)OCC)=C(C)N=3)cc1Br. The number of terminal acetylenes is 1. The summed E-state index contributed by atoms with van der Waals surface area (Å²) < 4.78 is 13.4. The van der Waals surface area contributed by atoms with Crippen molar-refractivity contribution in [3.8, 4) is 18.1 Å². The summed E-state index contributed by atoms with van der Waals surface area (Å²) in [5.41, 5.74) is 3.16. The minimum absolute atomic E-state index is 0.0808. The first-order valence-electron chi connectivity index (χ1n) is 11.1. The molecule has 4 rings (SSSR count). The molecule has 1 aliphatic heterocycles. The zero-order valence-electron chi connectivity index (χ0n) is 19.8. The molecular weight excluding hydrogens is 564 g/mol. The fourth-order valence-corrected chi connectivity index (χ4v) is 5.96. The molecule has 1 atom stereocenters. The molecule has 2 aromatic carbocycles. The first kappa shape index (κ1) is 26.0. The number of aromatic nitrogens is 1. The molecule has 0 aliphatic carbocycles. The normalized spacial score (nSPS) is 15.2. The number of benzene rings is 2. The summed E-state index contributed by atoms with van der Waals surface area (Å²) in [5.74, 6) is 2.35. The van der Waals surface area contributed by atoms with Gasteiger partial charge < -0.3 is 9.47 Å². The van der Waals surface area contributed by atoms with Gasteiger partial charge in [0.05, 0.1) is 37.9 Å². The summed E-state index contributed by atoms with van der Waals surface area (Å²) in [7, 11) is 0. The minimum Gasteiger partial charge on any atom is -0.478 e. The average molecular weight is 586 g/mol. The van der Waals surface area contributed by atoms with Gasteiger partial charge in [-0.25, -0.2) is 9.79 Å². The lowest BCUT2D eigenvalue weighted by Crippen LogP contribution is -2.39. The second-order valence-electron chi connectivity index (χ2n) is 8.02. The van der Waals surface area contributed by atoms with E-state index >= 15 is 0 Å². The van der Waals surface area contributed by atoms with E-state index in [-0.39, 0.29) is 18.8 Å². The van der Waals surface area contributed by atoms with Gasteiger partial charge in [0, 0.05) is 0 Å².